The van der Waals surface area contributed by atoms with Crippen LogP contribution in [0.2, 0.25) is 0 Å². The summed E-state index contributed by atoms with van der Waals surface area (Å²) >= 11 is 0. The van der Waals surface area contributed by atoms with E-state index in [1.165, 1.54) is 0 Å². The third-order valence-corrected chi connectivity index (χ3v) is 2.35. The number of carbonyl (C=O) groups excluding carboxylic acids is 1. The molecule has 0 saturated carbocycles. The molecule has 5 heteroatoms. The Labute approximate surface area is 82.3 Å². The van der Waals surface area contributed by atoms with Gasteiger partial charge < -0.3 is 20.1 Å². The van der Waals surface area contributed by atoms with Crippen LogP contribution < -0.4 is 0 Å². The van der Waals surface area contributed by atoms with Gasteiger partial charge in [-0.25, -0.2) is 4.79 Å². The van der Waals surface area contributed by atoms with E-state index in [1.807, 2.05) is 0 Å². The number of rotatable bonds is 2. The molecule has 1 saturated heterocycles. The van der Waals surface area contributed by atoms with Crippen molar-refractivity contribution in [2.75, 3.05) is 0 Å². The number of aliphatic hydroxyl groups is 3. The summed E-state index contributed by atoms with van der Waals surface area (Å²) in [5.74, 6) is -0.754. The van der Waals surface area contributed by atoms with Gasteiger partial charge in [0.1, 0.15) is 6.10 Å². The minimum atomic E-state index is -1.32. The Morgan fingerprint density at radius 3 is 2.14 bits per heavy atom. The molecule has 0 radical (unpaired) electrons. The van der Waals surface area contributed by atoms with Crippen LogP contribution in [0.15, 0.2) is 0 Å². The third-order valence-electron chi connectivity index (χ3n) is 2.35. The number of carbonyl (C=O) groups is 1. The van der Waals surface area contributed by atoms with Crippen LogP contribution in [-0.4, -0.2) is 45.7 Å². The summed E-state index contributed by atoms with van der Waals surface area (Å²) < 4.78 is 4.53. The van der Waals surface area contributed by atoms with E-state index >= 15 is 0 Å². The second-order valence-corrected chi connectivity index (χ2v) is 4.65. The number of aliphatic hydroxyl groups excluding tert-OH is 3. The summed E-state index contributed by atoms with van der Waals surface area (Å²) in [5.41, 5.74) is -0.527. The van der Waals surface area contributed by atoms with Crippen molar-refractivity contribution in [3.63, 3.8) is 0 Å². The molecule has 82 valence electrons. The van der Waals surface area contributed by atoms with Crippen LogP contribution in [0.5, 0.6) is 0 Å². The van der Waals surface area contributed by atoms with Crippen LogP contribution in [0.1, 0.15) is 20.8 Å². The van der Waals surface area contributed by atoms with Gasteiger partial charge in [-0.1, -0.05) is 20.8 Å². The van der Waals surface area contributed by atoms with E-state index in [0.717, 1.165) is 0 Å². The normalized spacial score (nSPS) is 31.7. The van der Waals surface area contributed by atoms with Crippen LogP contribution >= 0.6 is 0 Å². The van der Waals surface area contributed by atoms with Gasteiger partial charge in [-0.15, -0.1) is 0 Å². The average molecular weight is 204 g/mol. The fourth-order valence-electron chi connectivity index (χ4n) is 1.28. The molecule has 0 aromatic rings. The van der Waals surface area contributed by atoms with E-state index in [2.05, 4.69) is 4.74 Å². The Kier molecular flexibility index (Phi) is 2.85. The molecule has 1 rings (SSSR count). The number of hydrogen-bond donors (Lipinski definition) is 3. The van der Waals surface area contributed by atoms with Gasteiger partial charge in [0.05, 0.1) is 6.10 Å². The van der Waals surface area contributed by atoms with Gasteiger partial charge in [0.25, 0.3) is 0 Å². The molecule has 14 heavy (non-hydrogen) atoms. The molecule has 1 aliphatic heterocycles. The van der Waals surface area contributed by atoms with Gasteiger partial charge in [-0.2, -0.15) is 0 Å². The van der Waals surface area contributed by atoms with Crippen molar-refractivity contribution in [2.24, 2.45) is 5.41 Å². The fraction of sp³-hybridized carbons (Fsp3) is 0.889. The summed E-state index contributed by atoms with van der Waals surface area (Å²) in [6.07, 6.45) is -4.61. The van der Waals surface area contributed by atoms with Gasteiger partial charge in [-0.05, 0) is 5.41 Å². The number of hydrogen-bond acceptors (Lipinski definition) is 5. The van der Waals surface area contributed by atoms with Crippen LogP contribution in [0.25, 0.3) is 0 Å². The third kappa shape index (κ3) is 1.89. The molecule has 0 amide bonds. The molecule has 1 fully saturated rings. The van der Waals surface area contributed by atoms with Gasteiger partial charge >= 0.3 is 5.97 Å². The van der Waals surface area contributed by atoms with E-state index in [9.17, 15) is 15.0 Å². The Bertz CT molecular complexity index is 232. The first kappa shape index (κ1) is 11.4. The zero-order valence-corrected chi connectivity index (χ0v) is 8.47. The van der Waals surface area contributed by atoms with Gasteiger partial charge in [-0.3, -0.25) is 0 Å². The lowest BCUT2D eigenvalue weighted by Crippen LogP contribution is -2.60. The van der Waals surface area contributed by atoms with E-state index in [-0.39, 0.29) is 0 Å². The molecule has 1 aliphatic rings. The van der Waals surface area contributed by atoms with Crippen molar-refractivity contribution in [2.45, 2.75) is 45.2 Å². The summed E-state index contributed by atoms with van der Waals surface area (Å²) in [5, 5.41) is 28.3. The molecule has 0 aromatic heterocycles. The second-order valence-electron chi connectivity index (χ2n) is 4.65. The van der Waals surface area contributed by atoms with Crippen LogP contribution in [0.3, 0.4) is 0 Å². The summed E-state index contributed by atoms with van der Waals surface area (Å²) in [6.45, 7) is 5.23. The largest absolute Gasteiger partial charge is 0.454 e. The Balaban J connectivity index is 2.58. The highest BCUT2D eigenvalue weighted by Crippen LogP contribution is 2.28. The van der Waals surface area contributed by atoms with Crippen molar-refractivity contribution >= 4 is 5.97 Å². The minimum absolute atomic E-state index is 0.527. The first-order valence-electron chi connectivity index (χ1n) is 4.50. The Morgan fingerprint density at radius 1 is 1.36 bits per heavy atom. The van der Waals surface area contributed by atoms with Gasteiger partial charge in [0.2, 0.25) is 0 Å². The van der Waals surface area contributed by atoms with Crippen LogP contribution in [0.4, 0.5) is 0 Å². The zero-order valence-electron chi connectivity index (χ0n) is 8.47. The number of ether oxygens (including phenoxy) is 1. The monoisotopic (exact) mass is 204 g/mol. The van der Waals surface area contributed by atoms with Crippen molar-refractivity contribution in [3.05, 3.63) is 0 Å². The fourth-order valence-corrected chi connectivity index (χ4v) is 1.28. The molecule has 0 aliphatic carbocycles. The SMILES string of the molecule is CC(C)(C)[C@H](O)C(O)[C@@H]1OC(=O)C1O. The maximum atomic E-state index is 10.6. The number of esters is 1. The highest BCUT2D eigenvalue weighted by Gasteiger charge is 2.49. The summed E-state index contributed by atoms with van der Waals surface area (Å²) in [4.78, 5) is 10.6. The van der Waals surface area contributed by atoms with Crippen molar-refractivity contribution < 1.29 is 24.9 Å². The predicted molar refractivity (Wildman–Crippen MR) is 47.4 cm³/mol. The minimum Gasteiger partial charge on any atom is -0.454 e. The van der Waals surface area contributed by atoms with Gasteiger partial charge in [0.15, 0.2) is 12.2 Å². The molecular formula is C9H16O5. The molecule has 2 unspecified atom stereocenters. The lowest BCUT2D eigenvalue weighted by molar-refractivity contribution is -0.225. The van der Waals surface area contributed by atoms with E-state index in [1.54, 1.807) is 20.8 Å². The molecule has 4 atom stereocenters. The molecule has 3 N–H and O–H groups in total. The average Bonchev–Trinajstić information content (AvgIpc) is 2.09. The molecule has 0 bridgehead atoms. The molecule has 5 nitrogen and oxygen atoms in total. The smallest absolute Gasteiger partial charge is 0.339 e. The first-order valence-corrected chi connectivity index (χ1v) is 4.50. The first-order chi connectivity index (χ1) is 6.25. The van der Waals surface area contributed by atoms with E-state index in [0.29, 0.717) is 0 Å². The molecular weight excluding hydrogens is 188 g/mol. The highest BCUT2D eigenvalue weighted by molar-refractivity contribution is 5.80. The lowest BCUT2D eigenvalue weighted by atomic mass is 9.82. The second kappa shape index (κ2) is 3.49. The Morgan fingerprint density at radius 2 is 1.86 bits per heavy atom. The van der Waals surface area contributed by atoms with Crippen LogP contribution in [0, 0.1) is 5.41 Å². The van der Waals surface area contributed by atoms with E-state index in [4.69, 9.17) is 5.11 Å². The summed E-state index contributed by atoms with van der Waals surface area (Å²) in [7, 11) is 0. The maximum absolute atomic E-state index is 10.6. The molecule has 0 spiro atoms. The zero-order chi connectivity index (χ0) is 11.1. The molecule has 0 aromatic carbocycles. The molecule has 1 heterocycles. The van der Waals surface area contributed by atoms with E-state index < -0.39 is 35.8 Å². The standard InChI is InChI=1S/C9H16O5/c1-9(2,3)7(12)4(10)6-5(11)8(13)14-6/h4-7,10-12H,1-3H3/t4?,5?,6-,7+/m0/s1. The maximum Gasteiger partial charge on any atom is 0.339 e. The summed E-state index contributed by atoms with van der Waals surface area (Å²) in [6, 6.07) is 0. The van der Waals surface area contributed by atoms with Crippen molar-refractivity contribution in [3.8, 4) is 0 Å². The van der Waals surface area contributed by atoms with Crippen molar-refractivity contribution in [1.29, 1.82) is 0 Å². The van der Waals surface area contributed by atoms with Crippen LogP contribution in [-0.2, 0) is 9.53 Å². The van der Waals surface area contributed by atoms with Gasteiger partial charge in [0, 0.05) is 0 Å². The highest BCUT2D eigenvalue weighted by atomic mass is 16.6. The topological polar surface area (TPSA) is 87.0 Å². The quantitative estimate of drug-likeness (QED) is 0.504. The Hall–Kier alpha value is -0.650. The predicted octanol–water partition coefficient (Wildman–Crippen LogP) is -0.959. The van der Waals surface area contributed by atoms with Crippen molar-refractivity contribution in [1.82, 2.24) is 0 Å². The lowest BCUT2D eigenvalue weighted by Gasteiger charge is -2.39. The number of cyclic esters (lactones) is 1.